The van der Waals surface area contributed by atoms with Crippen LogP contribution in [-0.2, 0) is 19.5 Å². The van der Waals surface area contributed by atoms with Crippen molar-refractivity contribution in [2.45, 2.75) is 77.2 Å². The Kier molecular flexibility index (Phi) is 11.6. The zero-order valence-corrected chi connectivity index (χ0v) is 20.6. The van der Waals surface area contributed by atoms with Crippen LogP contribution in [0.1, 0.15) is 71.1 Å². The summed E-state index contributed by atoms with van der Waals surface area (Å²) in [4.78, 5) is 26.9. The van der Waals surface area contributed by atoms with Crippen molar-refractivity contribution >= 4 is 22.2 Å². The molecule has 0 N–H and O–H groups in total. The molecule has 10 heteroatoms. The van der Waals surface area contributed by atoms with E-state index in [0.29, 0.717) is 39.2 Å². The summed E-state index contributed by atoms with van der Waals surface area (Å²) in [5.74, 6) is 0.148. The van der Waals surface area contributed by atoms with Crippen LogP contribution >= 0.6 is 0 Å². The van der Waals surface area contributed by atoms with Crippen LogP contribution in [0.25, 0.3) is 0 Å². The van der Waals surface area contributed by atoms with Gasteiger partial charge in [-0.3, -0.25) is 0 Å². The van der Waals surface area contributed by atoms with Gasteiger partial charge in [0.1, 0.15) is 12.7 Å². The molecule has 2 fully saturated rings. The Labute approximate surface area is 193 Å². The number of carbonyl (C=O) groups excluding carboxylic acids is 2. The number of rotatable bonds is 17. The fourth-order valence-corrected chi connectivity index (χ4v) is 5.33. The van der Waals surface area contributed by atoms with E-state index in [2.05, 4.69) is 6.92 Å². The quantitative estimate of drug-likeness (QED) is 0.299. The van der Waals surface area contributed by atoms with Crippen LogP contribution in [0.4, 0.5) is 9.59 Å². The van der Waals surface area contributed by atoms with E-state index >= 15 is 0 Å². The lowest BCUT2D eigenvalue weighted by atomic mass is 10.1. The van der Waals surface area contributed by atoms with E-state index in [1.807, 2.05) is 0 Å². The maximum Gasteiger partial charge on any atom is 0.410 e. The highest BCUT2D eigenvalue weighted by molar-refractivity contribution is 7.89. The normalized spacial score (nSPS) is 19.2. The fraction of sp³-hybridized carbons (Fsp3) is 0.909. The minimum atomic E-state index is -3.33. The Balaban J connectivity index is 1.58. The van der Waals surface area contributed by atoms with E-state index in [0.717, 1.165) is 44.9 Å². The van der Waals surface area contributed by atoms with Crippen LogP contribution in [0.5, 0.6) is 0 Å². The van der Waals surface area contributed by atoms with Gasteiger partial charge < -0.3 is 19.3 Å². The Bertz CT molecular complexity index is 687. The molecular formula is C22H41N3O6S. The van der Waals surface area contributed by atoms with E-state index in [4.69, 9.17) is 9.47 Å². The smallest absolute Gasteiger partial charge is 0.410 e. The first-order valence-electron chi connectivity index (χ1n) is 12.1. The molecule has 0 radical (unpaired) electrons. The zero-order valence-electron chi connectivity index (χ0n) is 19.8. The number of ether oxygens (including phenoxy) is 2. The highest BCUT2D eigenvalue weighted by atomic mass is 32.2. The van der Waals surface area contributed by atoms with Gasteiger partial charge >= 0.3 is 12.2 Å². The van der Waals surface area contributed by atoms with Gasteiger partial charge in [0.2, 0.25) is 10.0 Å². The fourth-order valence-electron chi connectivity index (χ4n) is 4.06. The summed E-state index contributed by atoms with van der Waals surface area (Å²) in [6.07, 6.45) is 8.93. The van der Waals surface area contributed by atoms with E-state index in [1.165, 1.54) is 17.1 Å². The van der Waals surface area contributed by atoms with Gasteiger partial charge in [0, 0.05) is 20.1 Å². The second-order valence-electron chi connectivity index (χ2n) is 8.83. The number of unbranched alkanes of at least 4 members (excludes halogenated alkanes) is 8. The van der Waals surface area contributed by atoms with Gasteiger partial charge in [-0.1, -0.05) is 51.9 Å². The van der Waals surface area contributed by atoms with Crippen LogP contribution in [0.2, 0.25) is 0 Å². The second-order valence-corrected chi connectivity index (χ2v) is 11.0. The van der Waals surface area contributed by atoms with Crippen molar-refractivity contribution in [2.24, 2.45) is 0 Å². The highest BCUT2D eigenvalue weighted by Gasteiger charge is 2.33. The maximum absolute atomic E-state index is 12.5. The highest BCUT2D eigenvalue weighted by Crippen LogP contribution is 2.16. The van der Waals surface area contributed by atoms with Gasteiger partial charge in [-0.15, -0.1) is 0 Å². The molecule has 0 spiro atoms. The van der Waals surface area contributed by atoms with Crippen LogP contribution in [0, 0.1) is 0 Å². The first kappa shape index (κ1) is 26.7. The molecule has 2 heterocycles. The number of amides is 2. The average Bonchev–Trinajstić information content (AvgIpc) is 3.31. The van der Waals surface area contributed by atoms with E-state index in [1.54, 1.807) is 16.8 Å². The molecule has 186 valence electrons. The predicted molar refractivity (Wildman–Crippen MR) is 123 cm³/mol. The molecule has 2 aliphatic heterocycles. The molecule has 2 saturated heterocycles. The van der Waals surface area contributed by atoms with Crippen molar-refractivity contribution in [1.82, 2.24) is 14.1 Å². The number of sulfonamides is 1. The topological polar surface area (TPSA) is 96.5 Å². The minimum absolute atomic E-state index is 0.148. The molecule has 32 heavy (non-hydrogen) atoms. The molecule has 0 aromatic heterocycles. The lowest BCUT2D eigenvalue weighted by Gasteiger charge is -2.20. The number of hydrogen-bond acceptors (Lipinski definition) is 6. The maximum atomic E-state index is 12.5. The zero-order chi connectivity index (χ0) is 23.4. The summed E-state index contributed by atoms with van der Waals surface area (Å²) in [7, 11) is -1.76. The molecule has 2 rings (SSSR count). The standard InChI is InChI=1S/C22H41N3O6S/c1-3-4-5-6-9-12-17-32(28,29)23(2)18-20-19-25(22(27)31-20)14-11-8-7-10-13-24-15-16-30-21(24)26/h20H,3-19H2,1-2H3. The van der Waals surface area contributed by atoms with Crippen molar-refractivity contribution in [1.29, 1.82) is 0 Å². The number of nitrogens with zero attached hydrogens (tertiary/aromatic N) is 3. The van der Waals surface area contributed by atoms with Crippen molar-refractivity contribution in [3.63, 3.8) is 0 Å². The number of cyclic esters (lactones) is 2. The molecule has 2 amide bonds. The summed E-state index contributed by atoms with van der Waals surface area (Å²) in [6.45, 7) is 5.26. The van der Waals surface area contributed by atoms with Crippen LogP contribution in [-0.4, -0.2) is 92.9 Å². The van der Waals surface area contributed by atoms with Crippen molar-refractivity contribution in [2.75, 3.05) is 52.1 Å². The second kappa shape index (κ2) is 13.9. The lowest BCUT2D eigenvalue weighted by Crippen LogP contribution is -2.37. The Hall–Kier alpha value is -1.55. The molecule has 0 aliphatic carbocycles. The summed E-state index contributed by atoms with van der Waals surface area (Å²) in [6, 6.07) is 0. The van der Waals surface area contributed by atoms with Gasteiger partial charge in [-0.25, -0.2) is 22.3 Å². The number of carbonyl (C=O) groups is 2. The molecule has 1 unspecified atom stereocenters. The van der Waals surface area contributed by atoms with Gasteiger partial charge in [-0.05, 0) is 19.3 Å². The summed E-state index contributed by atoms with van der Waals surface area (Å²) < 4.78 is 36.6. The van der Waals surface area contributed by atoms with Gasteiger partial charge in [-0.2, -0.15) is 0 Å². The van der Waals surface area contributed by atoms with E-state index in [-0.39, 0.29) is 24.5 Å². The van der Waals surface area contributed by atoms with E-state index in [9.17, 15) is 18.0 Å². The molecular weight excluding hydrogens is 434 g/mol. The third kappa shape index (κ3) is 9.13. The van der Waals surface area contributed by atoms with Crippen LogP contribution in [0.3, 0.4) is 0 Å². The average molecular weight is 476 g/mol. The van der Waals surface area contributed by atoms with Gasteiger partial charge in [0.05, 0.1) is 25.4 Å². The number of hydrogen-bond donors (Lipinski definition) is 0. The molecule has 2 aliphatic rings. The molecule has 0 aromatic rings. The summed E-state index contributed by atoms with van der Waals surface area (Å²) >= 11 is 0. The van der Waals surface area contributed by atoms with Gasteiger partial charge in [0.25, 0.3) is 0 Å². The Morgan fingerprint density at radius 1 is 0.906 bits per heavy atom. The monoisotopic (exact) mass is 475 g/mol. The van der Waals surface area contributed by atoms with Gasteiger partial charge in [0.15, 0.2) is 0 Å². The summed E-state index contributed by atoms with van der Waals surface area (Å²) in [5.41, 5.74) is 0. The molecule has 0 bridgehead atoms. The molecule has 0 aromatic carbocycles. The largest absolute Gasteiger partial charge is 0.448 e. The summed E-state index contributed by atoms with van der Waals surface area (Å²) in [5, 5.41) is 0. The first-order valence-corrected chi connectivity index (χ1v) is 13.8. The van der Waals surface area contributed by atoms with Crippen LogP contribution in [0.15, 0.2) is 0 Å². The van der Waals surface area contributed by atoms with E-state index < -0.39 is 16.1 Å². The number of likely N-dealkylation sites (N-methyl/N-ethyl adjacent to an activating group) is 1. The third-order valence-electron chi connectivity index (χ3n) is 6.09. The molecule has 1 atom stereocenters. The molecule has 0 saturated carbocycles. The lowest BCUT2D eigenvalue weighted by molar-refractivity contribution is 0.124. The predicted octanol–water partition coefficient (Wildman–Crippen LogP) is 3.44. The third-order valence-corrected chi connectivity index (χ3v) is 8.00. The molecule has 9 nitrogen and oxygen atoms in total. The SMILES string of the molecule is CCCCCCCCS(=O)(=O)N(C)CC1CN(CCCCCCN2CCOC2=O)C(=O)O1. The Morgan fingerprint density at radius 3 is 2.19 bits per heavy atom. The van der Waals surface area contributed by atoms with Crippen LogP contribution < -0.4 is 0 Å². The van der Waals surface area contributed by atoms with Crippen molar-refractivity contribution in [3.05, 3.63) is 0 Å². The minimum Gasteiger partial charge on any atom is -0.448 e. The first-order chi connectivity index (χ1) is 15.3. The Morgan fingerprint density at radius 2 is 1.53 bits per heavy atom. The van der Waals surface area contributed by atoms with Crippen molar-refractivity contribution < 1.29 is 27.5 Å². The van der Waals surface area contributed by atoms with Crippen molar-refractivity contribution in [3.8, 4) is 0 Å².